The maximum atomic E-state index is 11.1. The number of nitrogens with zero attached hydrogens (tertiary/aromatic N) is 1. The van der Waals surface area contributed by atoms with Crippen LogP contribution >= 0.6 is 12.2 Å². The smallest absolute Gasteiger partial charge is 0.258 e. The summed E-state index contributed by atoms with van der Waals surface area (Å²) in [6.07, 6.45) is 0. The molecule has 1 fully saturated rings. The summed E-state index contributed by atoms with van der Waals surface area (Å²) in [5, 5.41) is 7.84. The Labute approximate surface area is 76.5 Å². The molecule has 1 atom stereocenters. The van der Waals surface area contributed by atoms with Crippen LogP contribution in [0.25, 0.3) is 0 Å². The van der Waals surface area contributed by atoms with Gasteiger partial charge in [-0.05, 0) is 12.2 Å². The number of hydrogen-bond donors (Lipinski definition) is 3. The Morgan fingerprint density at radius 1 is 1.83 bits per heavy atom. The van der Waals surface area contributed by atoms with Crippen LogP contribution in [0, 0.1) is 0 Å². The fraction of sp³-hybridized carbons (Fsp3) is 0.667. The van der Waals surface area contributed by atoms with E-state index in [1.807, 2.05) is 7.05 Å². The Balaban J connectivity index is 2.43. The van der Waals surface area contributed by atoms with Crippen molar-refractivity contribution in [1.82, 2.24) is 21.1 Å². The fourth-order valence-corrected chi connectivity index (χ4v) is 1.15. The third kappa shape index (κ3) is 2.05. The molecule has 0 aromatic carbocycles. The molecule has 0 spiro atoms. The predicted octanol–water partition coefficient (Wildman–Crippen LogP) is -1.57. The average molecular weight is 188 g/mol. The minimum absolute atomic E-state index is 0.0462. The van der Waals surface area contributed by atoms with Gasteiger partial charge in [0, 0.05) is 20.6 Å². The molecule has 0 bridgehead atoms. The van der Waals surface area contributed by atoms with E-state index in [4.69, 9.17) is 12.2 Å². The summed E-state index contributed by atoms with van der Waals surface area (Å²) in [4.78, 5) is 11.1. The first kappa shape index (κ1) is 9.21. The van der Waals surface area contributed by atoms with Gasteiger partial charge in [0.05, 0.1) is 0 Å². The molecule has 12 heavy (non-hydrogen) atoms. The van der Waals surface area contributed by atoms with Gasteiger partial charge in [0.1, 0.15) is 6.04 Å². The summed E-state index contributed by atoms with van der Waals surface area (Å²) < 4.78 is 0. The minimum atomic E-state index is -0.241. The van der Waals surface area contributed by atoms with Crippen LogP contribution in [0.2, 0.25) is 0 Å². The summed E-state index contributed by atoms with van der Waals surface area (Å²) >= 11 is 4.86. The summed E-state index contributed by atoms with van der Waals surface area (Å²) in [5.74, 6) is -0.0462. The number of rotatable bonds is 1. The molecule has 1 amide bonds. The van der Waals surface area contributed by atoms with Gasteiger partial charge in [0.2, 0.25) is 0 Å². The van der Waals surface area contributed by atoms with Gasteiger partial charge < -0.3 is 10.6 Å². The number of carbonyl (C=O) groups excluding carboxylic acids is 1. The highest BCUT2D eigenvalue weighted by atomic mass is 32.1. The highest BCUT2D eigenvalue weighted by molar-refractivity contribution is 7.80. The van der Waals surface area contributed by atoms with Crippen molar-refractivity contribution in [2.24, 2.45) is 0 Å². The molecule has 5 nitrogen and oxygen atoms in total. The Bertz CT molecular complexity index is 208. The lowest BCUT2D eigenvalue weighted by Crippen LogP contribution is -2.45. The van der Waals surface area contributed by atoms with E-state index in [-0.39, 0.29) is 11.9 Å². The Hall–Kier alpha value is -0.880. The SMILES string of the molecule is CNC(=S)NC1CN(C)NC1=O. The molecule has 68 valence electrons. The monoisotopic (exact) mass is 188 g/mol. The number of likely N-dealkylation sites (N-methyl/N-ethyl adjacent to an activating group) is 1. The highest BCUT2D eigenvalue weighted by Gasteiger charge is 2.28. The first-order chi connectivity index (χ1) is 5.63. The van der Waals surface area contributed by atoms with Crippen LogP contribution in [0.15, 0.2) is 0 Å². The van der Waals surface area contributed by atoms with Crippen molar-refractivity contribution in [3.8, 4) is 0 Å². The number of hydrogen-bond acceptors (Lipinski definition) is 3. The Kier molecular flexibility index (Phi) is 2.83. The number of nitrogens with one attached hydrogen (secondary N) is 3. The summed E-state index contributed by atoms with van der Waals surface area (Å²) in [7, 11) is 3.52. The topological polar surface area (TPSA) is 56.4 Å². The number of carbonyl (C=O) groups is 1. The second-order valence-corrected chi connectivity index (χ2v) is 3.04. The molecule has 3 N–H and O–H groups in total. The van der Waals surface area contributed by atoms with Crippen molar-refractivity contribution in [1.29, 1.82) is 0 Å². The normalized spacial score (nSPS) is 23.5. The van der Waals surface area contributed by atoms with Gasteiger partial charge in [-0.3, -0.25) is 10.2 Å². The number of hydrazine groups is 1. The van der Waals surface area contributed by atoms with Crippen LogP contribution in [0.1, 0.15) is 0 Å². The molecule has 1 saturated heterocycles. The maximum absolute atomic E-state index is 11.1. The lowest BCUT2D eigenvalue weighted by molar-refractivity contribution is -0.121. The third-order valence-corrected chi connectivity index (χ3v) is 1.93. The van der Waals surface area contributed by atoms with Crippen LogP contribution in [-0.4, -0.2) is 42.7 Å². The maximum Gasteiger partial charge on any atom is 0.258 e. The molecule has 6 heteroatoms. The molecular weight excluding hydrogens is 176 g/mol. The molecule has 0 radical (unpaired) electrons. The van der Waals surface area contributed by atoms with Gasteiger partial charge >= 0.3 is 0 Å². The van der Waals surface area contributed by atoms with Crippen LogP contribution in [-0.2, 0) is 4.79 Å². The molecule has 0 aromatic heterocycles. The van der Waals surface area contributed by atoms with Crippen molar-refractivity contribution in [3.63, 3.8) is 0 Å². The molecule has 1 unspecified atom stereocenters. The van der Waals surface area contributed by atoms with E-state index in [2.05, 4.69) is 16.1 Å². The third-order valence-electron chi connectivity index (χ3n) is 1.61. The molecule has 0 aliphatic carbocycles. The average Bonchev–Trinajstić information content (AvgIpc) is 2.30. The zero-order valence-corrected chi connectivity index (χ0v) is 7.86. The Morgan fingerprint density at radius 3 is 2.92 bits per heavy atom. The van der Waals surface area contributed by atoms with E-state index < -0.39 is 0 Å². The van der Waals surface area contributed by atoms with Crippen molar-refractivity contribution < 1.29 is 4.79 Å². The van der Waals surface area contributed by atoms with E-state index in [0.29, 0.717) is 11.7 Å². The van der Waals surface area contributed by atoms with Crippen molar-refractivity contribution in [3.05, 3.63) is 0 Å². The first-order valence-corrected chi connectivity index (χ1v) is 4.04. The van der Waals surface area contributed by atoms with Gasteiger partial charge in [-0.15, -0.1) is 0 Å². The standard InChI is InChI=1S/C6H12N4OS/c1-7-6(12)8-4-3-10(2)9-5(4)11/h4H,3H2,1-2H3,(H,9,11)(H2,7,8,12). The largest absolute Gasteiger partial charge is 0.366 e. The lowest BCUT2D eigenvalue weighted by atomic mass is 10.3. The fourth-order valence-electron chi connectivity index (χ4n) is 1.01. The van der Waals surface area contributed by atoms with Crippen molar-refractivity contribution in [2.45, 2.75) is 6.04 Å². The van der Waals surface area contributed by atoms with Crippen molar-refractivity contribution in [2.75, 3.05) is 20.6 Å². The molecule has 1 heterocycles. The zero-order chi connectivity index (χ0) is 9.14. The van der Waals surface area contributed by atoms with Crippen LogP contribution in [0.3, 0.4) is 0 Å². The molecule has 0 aromatic rings. The van der Waals surface area contributed by atoms with Crippen LogP contribution in [0.4, 0.5) is 0 Å². The second-order valence-electron chi connectivity index (χ2n) is 2.63. The molecule has 1 aliphatic rings. The van der Waals surface area contributed by atoms with Crippen molar-refractivity contribution >= 4 is 23.2 Å². The van der Waals surface area contributed by atoms with E-state index in [1.54, 1.807) is 12.1 Å². The number of amides is 1. The summed E-state index contributed by atoms with van der Waals surface area (Å²) in [5.41, 5.74) is 2.64. The predicted molar refractivity (Wildman–Crippen MR) is 49.4 cm³/mol. The van der Waals surface area contributed by atoms with Gasteiger partial charge in [0.25, 0.3) is 5.91 Å². The highest BCUT2D eigenvalue weighted by Crippen LogP contribution is 1.96. The first-order valence-electron chi connectivity index (χ1n) is 3.63. The molecule has 0 saturated carbocycles. The quantitative estimate of drug-likeness (QED) is 0.434. The molecule has 1 aliphatic heterocycles. The minimum Gasteiger partial charge on any atom is -0.366 e. The number of thiocarbonyl (C=S) groups is 1. The van der Waals surface area contributed by atoms with Gasteiger partial charge in [0.15, 0.2) is 5.11 Å². The van der Waals surface area contributed by atoms with Gasteiger partial charge in [-0.25, -0.2) is 5.01 Å². The summed E-state index contributed by atoms with van der Waals surface area (Å²) in [6, 6.07) is -0.241. The van der Waals surface area contributed by atoms with Crippen LogP contribution in [0.5, 0.6) is 0 Å². The zero-order valence-electron chi connectivity index (χ0n) is 7.05. The molecular formula is C6H12N4OS. The van der Waals surface area contributed by atoms with Gasteiger partial charge in [-0.1, -0.05) is 0 Å². The second kappa shape index (κ2) is 3.68. The Morgan fingerprint density at radius 2 is 2.50 bits per heavy atom. The van der Waals surface area contributed by atoms with E-state index >= 15 is 0 Å². The van der Waals surface area contributed by atoms with Gasteiger partial charge in [-0.2, -0.15) is 0 Å². The summed E-state index contributed by atoms with van der Waals surface area (Å²) in [6.45, 7) is 0.626. The van der Waals surface area contributed by atoms with E-state index in [0.717, 1.165) is 0 Å². The van der Waals surface area contributed by atoms with E-state index in [1.165, 1.54) is 0 Å². The lowest BCUT2D eigenvalue weighted by Gasteiger charge is -2.10. The molecule has 1 rings (SSSR count). The van der Waals surface area contributed by atoms with E-state index in [9.17, 15) is 4.79 Å². The van der Waals surface area contributed by atoms with Crippen LogP contribution < -0.4 is 16.1 Å².